The summed E-state index contributed by atoms with van der Waals surface area (Å²) in [7, 11) is 0. The zero-order chi connectivity index (χ0) is 12.6. The lowest BCUT2D eigenvalue weighted by Crippen LogP contribution is -2.21. The highest BCUT2D eigenvalue weighted by molar-refractivity contribution is 5.18. The van der Waals surface area contributed by atoms with E-state index in [2.05, 4.69) is 52.1 Å². The Morgan fingerprint density at radius 3 is 2.78 bits per heavy atom. The third kappa shape index (κ3) is 4.00. The van der Waals surface area contributed by atoms with Gasteiger partial charge in [-0.2, -0.15) is 0 Å². The van der Waals surface area contributed by atoms with Crippen molar-refractivity contribution in [3.05, 3.63) is 54.6 Å². The zero-order valence-electron chi connectivity index (χ0n) is 10.9. The van der Waals surface area contributed by atoms with Gasteiger partial charge in [0.2, 0.25) is 0 Å². The number of nitrogens with zero attached hydrogens (tertiary/aromatic N) is 2. The van der Waals surface area contributed by atoms with Gasteiger partial charge in [-0.25, -0.2) is 4.98 Å². The van der Waals surface area contributed by atoms with E-state index in [0.717, 1.165) is 19.6 Å². The Bertz CT molecular complexity index is 422. The van der Waals surface area contributed by atoms with Gasteiger partial charge in [0, 0.05) is 25.5 Å². The molecule has 18 heavy (non-hydrogen) atoms. The maximum atomic E-state index is 4.02. The number of rotatable bonds is 7. The lowest BCUT2D eigenvalue weighted by molar-refractivity contribution is 0.557. The summed E-state index contributed by atoms with van der Waals surface area (Å²) in [6.07, 6.45) is 6.84. The van der Waals surface area contributed by atoms with Crippen molar-refractivity contribution in [1.82, 2.24) is 14.9 Å². The number of aromatic nitrogens is 2. The van der Waals surface area contributed by atoms with Crippen LogP contribution in [-0.2, 0) is 6.54 Å². The van der Waals surface area contributed by atoms with Crippen molar-refractivity contribution >= 4 is 0 Å². The Morgan fingerprint density at radius 1 is 1.22 bits per heavy atom. The number of imidazole rings is 1. The average molecular weight is 243 g/mol. The summed E-state index contributed by atoms with van der Waals surface area (Å²) in [4.78, 5) is 4.02. The van der Waals surface area contributed by atoms with E-state index in [1.165, 1.54) is 12.0 Å². The topological polar surface area (TPSA) is 29.9 Å². The molecule has 0 amide bonds. The molecular weight excluding hydrogens is 222 g/mol. The van der Waals surface area contributed by atoms with Gasteiger partial charge in [-0.05, 0) is 24.4 Å². The van der Waals surface area contributed by atoms with Crippen molar-refractivity contribution in [1.29, 1.82) is 0 Å². The molecule has 1 heterocycles. The molecule has 96 valence electrons. The van der Waals surface area contributed by atoms with Crippen LogP contribution in [0, 0.1) is 0 Å². The van der Waals surface area contributed by atoms with Crippen LogP contribution in [-0.4, -0.2) is 22.6 Å². The van der Waals surface area contributed by atoms with E-state index in [-0.39, 0.29) is 0 Å². The number of benzene rings is 1. The maximum Gasteiger partial charge on any atom is 0.0946 e. The molecule has 0 unspecified atom stereocenters. The molecule has 3 nitrogen and oxygen atoms in total. The molecule has 2 aromatic rings. The number of hydrogen-bond donors (Lipinski definition) is 1. The summed E-state index contributed by atoms with van der Waals surface area (Å²) < 4.78 is 2.09. The van der Waals surface area contributed by atoms with Gasteiger partial charge in [0.05, 0.1) is 6.33 Å². The van der Waals surface area contributed by atoms with E-state index in [1.54, 1.807) is 0 Å². The van der Waals surface area contributed by atoms with Crippen molar-refractivity contribution in [3.8, 4) is 0 Å². The van der Waals surface area contributed by atoms with Crippen LogP contribution in [0.3, 0.4) is 0 Å². The maximum absolute atomic E-state index is 4.02. The first-order chi connectivity index (χ1) is 8.86. The van der Waals surface area contributed by atoms with Gasteiger partial charge in [0.25, 0.3) is 0 Å². The van der Waals surface area contributed by atoms with Gasteiger partial charge in [0.15, 0.2) is 0 Å². The van der Waals surface area contributed by atoms with Crippen molar-refractivity contribution in [2.24, 2.45) is 0 Å². The monoisotopic (exact) mass is 243 g/mol. The summed E-state index contributed by atoms with van der Waals surface area (Å²) in [6, 6.07) is 10.7. The molecule has 0 radical (unpaired) electrons. The molecule has 0 aliphatic carbocycles. The second kappa shape index (κ2) is 6.97. The molecule has 0 spiro atoms. The second-order valence-corrected chi connectivity index (χ2v) is 4.65. The molecule has 1 N–H and O–H groups in total. The fourth-order valence-electron chi connectivity index (χ4n) is 2.02. The van der Waals surface area contributed by atoms with E-state index in [0.29, 0.717) is 5.92 Å². The second-order valence-electron chi connectivity index (χ2n) is 4.65. The fourth-order valence-corrected chi connectivity index (χ4v) is 2.02. The minimum atomic E-state index is 0.618. The lowest BCUT2D eigenvalue weighted by Gasteiger charge is -2.12. The minimum absolute atomic E-state index is 0.618. The molecule has 0 saturated heterocycles. The van der Waals surface area contributed by atoms with E-state index in [4.69, 9.17) is 0 Å². The summed E-state index contributed by atoms with van der Waals surface area (Å²) in [6.45, 7) is 5.33. The quantitative estimate of drug-likeness (QED) is 0.758. The predicted octanol–water partition coefficient (Wildman–Crippen LogP) is 2.67. The SMILES string of the molecule is C[C@H](CCNCCn1ccnc1)c1ccccc1. The lowest BCUT2D eigenvalue weighted by atomic mass is 9.98. The molecule has 0 fully saturated rings. The van der Waals surface area contributed by atoms with E-state index in [1.807, 2.05) is 18.7 Å². The number of nitrogens with one attached hydrogen (secondary N) is 1. The molecule has 3 heteroatoms. The molecular formula is C15H21N3. The highest BCUT2D eigenvalue weighted by Crippen LogP contribution is 2.17. The summed E-state index contributed by atoms with van der Waals surface area (Å²) in [5.74, 6) is 0.618. The highest BCUT2D eigenvalue weighted by Gasteiger charge is 2.03. The van der Waals surface area contributed by atoms with E-state index < -0.39 is 0 Å². The Labute approximate surface area is 109 Å². The normalized spacial score (nSPS) is 12.5. The summed E-state index contributed by atoms with van der Waals surface area (Å²) in [5.41, 5.74) is 1.42. The van der Waals surface area contributed by atoms with Crippen LogP contribution in [0.1, 0.15) is 24.8 Å². The van der Waals surface area contributed by atoms with Crippen LogP contribution in [0.4, 0.5) is 0 Å². The third-order valence-electron chi connectivity index (χ3n) is 3.23. The molecule has 0 aliphatic heterocycles. The molecule has 1 aromatic heterocycles. The van der Waals surface area contributed by atoms with E-state index in [9.17, 15) is 0 Å². The molecule has 1 atom stereocenters. The van der Waals surface area contributed by atoms with Gasteiger partial charge in [0.1, 0.15) is 0 Å². The molecule has 2 rings (SSSR count). The smallest absolute Gasteiger partial charge is 0.0946 e. The Morgan fingerprint density at radius 2 is 2.06 bits per heavy atom. The summed E-state index contributed by atoms with van der Waals surface area (Å²) >= 11 is 0. The van der Waals surface area contributed by atoms with Crippen LogP contribution in [0.25, 0.3) is 0 Å². The molecule has 1 aromatic carbocycles. The van der Waals surface area contributed by atoms with Crippen LogP contribution >= 0.6 is 0 Å². The predicted molar refractivity (Wildman–Crippen MR) is 74.6 cm³/mol. The van der Waals surface area contributed by atoms with E-state index >= 15 is 0 Å². The Balaban J connectivity index is 1.61. The van der Waals surface area contributed by atoms with Crippen molar-refractivity contribution in [3.63, 3.8) is 0 Å². The first-order valence-corrected chi connectivity index (χ1v) is 6.57. The summed E-state index contributed by atoms with van der Waals surface area (Å²) in [5, 5.41) is 3.48. The van der Waals surface area contributed by atoms with Crippen molar-refractivity contribution in [2.45, 2.75) is 25.8 Å². The van der Waals surface area contributed by atoms with Gasteiger partial charge in [-0.3, -0.25) is 0 Å². The third-order valence-corrected chi connectivity index (χ3v) is 3.23. The Hall–Kier alpha value is -1.61. The highest BCUT2D eigenvalue weighted by atomic mass is 15.0. The molecule has 0 bridgehead atoms. The van der Waals surface area contributed by atoms with Crippen LogP contribution in [0.5, 0.6) is 0 Å². The number of hydrogen-bond acceptors (Lipinski definition) is 2. The van der Waals surface area contributed by atoms with Gasteiger partial charge >= 0.3 is 0 Å². The molecule has 0 saturated carbocycles. The van der Waals surface area contributed by atoms with Crippen LogP contribution < -0.4 is 5.32 Å². The first kappa shape index (κ1) is 12.8. The van der Waals surface area contributed by atoms with Gasteiger partial charge in [-0.15, -0.1) is 0 Å². The molecule has 0 aliphatic rings. The van der Waals surface area contributed by atoms with Crippen LogP contribution in [0.2, 0.25) is 0 Å². The van der Waals surface area contributed by atoms with Gasteiger partial charge in [-0.1, -0.05) is 37.3 Å². The van der Waals surface area contributed by atoms with Crippen LogP contribution in [0.15, 0.2) is 49.1 Å². The first-order valence-electron chi connectivity index (χ1n) is 6.57. The Kier molecular flexibility index (Phi) is 4.97. The minimum Gasteiger partial charge on any atom is -0.336 e. The van der Waals surface area contributed by atoms with Crippen molar-refractivity contribution < 1.29 is 0 Å². The zero-order valence-corrected chi connectivity index (χ0v) is 10.9. The average Bonchev–Trinajstić information content (AvgIpc) is 2.92. The van der Waals surface area contributed by atoms with Crippen molar-refractivity contribution in [2.75, 3.05) is 13.1 Å². The standard InChI is InChI=1S/C15H21N3/c1-14(15-5-3-2-4-6-15)7-8-16-9-11-18-12-10-17-13-18/h2-6,10,12-14,16H,7-9,11H2,1H3/t14-/m1/s1. The largest absolute Gasteiger partial charge is 0.336 e. The van der Waals surface area contributed by atoms with Gasteiger partial charge < -0.3 is 9.88 Å². The fraction of sp³-hybridized carbons (Fsp3) is 0.400.